The van der Waals surface area contributed by atoms with Gasteiger partial charge < -0.3 is 4.90 Å². The number of nitrogens with zero attached hydrogens (tertiary/aromatic N) is 1. The minimum absolute atomic E-state index is 0.341. The Labute approximate surface area is 124 Å². The fourth-order valence-electron chi connectivity index (χ4n) is 3.79. The van der Waals surface area contributed by atoms with Gasteiger partial charge in [0.25, 0.3) is 0 Å². The molecule has 0 aliphatic heterocycles. The highest BCUT2D eigenvalue weighted by Gasteiger charge is 2.34. The summed E-state index contributed by atoms with van der Waals surface area (Å²) in [6, 6.07) is 0. The van der Waals surface area contributed by atoms with E-state index in [1.807, 2.05) is 0 Å². The third-order valence-electron chi connectivity index (χ3n) is 5.65. The summed E-state index contributed by atoms with van der Waals surface area (Å²) in [5.41, 5.74) is 0. The van der Waals surface area contributed by atoms with Crippen LogP contribution in [0.2, 0.25) is 0 Å². The zero-order valence-corrected chi connectivity index (χ0v) is 13.3. The summed E-state index contributed by atoms with van der Waals surface area (Å²) in [5, 5.41) is 0. The van der Waals surface area contributed by atoms with E-state index in [2.05, 4.69) is 18.7 Å². The van der Waals surface area contributed by atoms with Gasteiger partial charge in [-0.2, -0.15) is 0 Å². The normalized spacial score (nSPS) is 31.3. The second kappa shape index (κ2) is 6.17. The van der Waals surface area contributed by atoms with Crippen molar-refractivity contribution >= 4 is 5.78 Å². The van der Waals surface area contributed by atoms with Gasteiger partial charge in [-0.15, -0.1) is 0 Å². The maximum absolute atomic E-state index is 12.3. The van der Waals surface area contributed by atoms with E-state index in [1.54, 1.807) is 0 Å². The lowest BCUT2D eigenvalue weighted by molar-refractivity contribution is -0.126. The van der Waals surface area contributed by atoms with E-state index in [1.165, 1.54) is 38.8 Å². The van der Waals surface area contributed by atoms with E-state index in [4.69, 9.17) is 0 Å². The lowest BCUT2D eigenvalue weighted by Crippen LogP contribution is -2.39. The summed E-state index contributed by atoms with van der Waals surface area (Å²) >= 11 is 0. The molecule has 0 saturated heterocycles. The number of ketones is 1. The van der Waals surface area contributed by atoms with E-state index in [0.717, 1.165) is 49.5 Å². The van der Waals surface area contributed by atoms with Gasteiger partial charge in [0.2, 0.25) is 0 Å². The average molecular weight is 277 g/mol. The first-order valence-corrected chi connectivity index (χ1v) is 8.87. The Balaban J connectivity index is 1.55. The molecule has 2 atom stereocenters. The molecule has 2 heteroatoms. The van der Waals surface area contributed by atoms with Gasteiger partial charge in [-0.1, -0.05) is 13.8 Å². The summed E-state index contributed by atoms with van der Waals surface area (Å²) in [6.45, 7) is 8.25. The first kappa shape index (κ1) is 14.6. The second-order valence-electron chi connectivity index (χ2n) is 8.05. The van der Waals surface area contributed by atoms with Crippen LogP contribution in [0.25, 0.3) is 0 Å². The van der Waals surface area contributed by atoms with E-state index < -0.39 is 0 Å². The van der Waals surface area contributed by atoms with Crippen LogP contribution >= 0.6 is 0 Å². The maximum Gasteiger partial charge on any atom is 0.137 e. The van der Waals surface area contributed by atoms with Crippen molar-refractivity contribution in [2.24, 2.45) is 29.6 Å². The average Bonchev–Trinajstić information content (AvgIpc) is 3.27. The van der Waals surface area contributed by atoms with Gasteiger partial charge in [0, 0.05) is 32.0 Å². The van der Waals surface area contributed by atoms with Gasteiger partial charge in [0.15, 0.2) is 0 Å². The van der Waals surface area contributed by atoms with Gasteiger partial charge in [-0.05, 0) is 62.2 Å². The number of carbonyl (C=O) groups excluding carboxylic acids is 1. The van der Waals surface area contributed by atoms with Crippen molar-refractivity contribution in [1.29, 1.82) is 0 Å². The molecule has 3 aliphatic rings. The van der Waals surface area contributed by atoms with Crippen LogP contribution in [-0.4, -0.2) is 30.3 Å². The van der Waals surface area contributed by atoms with Crippen molar-refractivity contribution in [3.63, 3.8) is 0 Å². The molecule has 0 aromatic heterocycles. The van der Waals surface area contributed by atoms with Crippen molar-refractivity contribution in [1.82, 2.24) is 4.90 Å². The van der Waals surface area contributed by atoms with Crippen LogP contribution < -0.4 is 0 Å². The van der Waals surface area contributed by atoms with Crippen molar-refractivity contribution in [3.8, 4) is 0 Å². The SMILES string of the molecule is CC(C)C1CCC(=O)C(CN(CC2CC2)CC2CC2)C1. The minimum atomic E-state index is 0.341. The molecule has 0 radical (unpaired) electrons. The van der Waals surface area contributed by atoms with Gasteiger partial charge in [0.05, 0.1) is 0 Å². The number of rotatable bonds is 7. The molecule has 3 rings (SSSR count). The molecule has 20 heavy (non-hydrogen) atoms. The highest BCUT2D eigenvalue weighted by atomic mass is 16.1. The Morgan fingerprint density at radius 3 is 2.10 bits per heavy atom. The molecule has 0 spiro atoms. The molecule has 0 heterocycles. The van der Waals surface area contributed by atoms with Crippen LogP contribution in [0.15, 0.2) is 0 Å². The molecule has 0 amide bonds. The molecule has 2 nitrogen and oxygen atoms in total. The van der Waals surface area contributed by atoms with Crippen LogP contribution in [0.1, 0.15) is 58.8 Å². The van der Waals surface area contributed by atoms with Gasteiger partial charge in [-0.25, -0.2) is 0 Å². The molecule has 0 N–H and O–H groups in total. The third kappa shape index (κ3) is 4.07. The Morgan fingerprint density at radius 1 is 1.00 bits per heavy atom. The zero-order chi connectivity index (χ0) is 14.1. The Hall–Kier alpha value is -0.370. The van der Waals surface area contributed by atoms with Crippen molar-refractivity contribution in [2.45, 2.75) is 58.8 Å². The maximum atomic E-state index is 12.3. The van der Waals surface area contributed by atoms with Crippen LogP contribution in [-0.2, 0) is 4.79 Å². The van der Waals surface area contributed by atoms with Crippen molar-refractivity contribution in [2.75, 3.05) is 19.6 Å². The van der Waals surface area contributed by atoms with Crippen LogP contribution in [0.5, 0.6) is 0 Å². The Morgan fingerprint density at radius 2 is 1.60 bits per heavy atom. The number of hydrogen-bond acceptors (Lipinski definition) is 2. The van der Waals surface area contributed by atoms with Crippen molar-refractivity contribution in [3.05, 3.63) is 0 Å². The van der Waals surface area contributed by atoms with Crippen LogP contribution in [0, 0.1) is 29.6 Å². The summed E-state index contributed by atoms with van der Waals surface area (Å²) in [4.78, 5) is 14.9. The predicted molar refractivity (Wildman–Crippen MR) is 82.6 cm³/mol. The molecule has 2 unspecified atom stereocenters. The Kier molecular flexibility index (Phi) is 4.49. The van der Waals surface area contributed by atoms with Gasteiger partial charge in [0.1, 0.15) is 5.78 Å². The molecule has 3 fully saturated rings. The summed E-state index contributed by atoms with van der Waals surface area (Å²) in [6.07, 6.45) is 8.83. The lowest BCUT2D eigenvalue weighted by atomic mass is 9.75. The number of hydrogen-bond donors (Lipinski definition) is 0. The van der Waals surface area contributed by atoms with E-state index >= 15 is 0 Å². The summed E-state index contributed by atoms with van der Waals surface area (Å²) in [7, 11) is 0. The van der Waals surface area contributed by atoms with Crippen LogP contribution in [0.3, 0.4) is 0 Å². The molecule has 0 aromatic carbocycles. The standard InChI is InChI=1S/C18H31NO/c1-13(2)16-7-8-18(20)17(9-16)12-19(10-14-3-4-14)11-15-5-6-15/h13-17H,3-12H2,1-2H3. The lowest BCUT2D eigenvalue weighted by Gasteiger charge is -2.34. The molecule has 114 valence electrons. The topological polar surface area (TPSA) is 20.3 Å². The highest BCUT2D eigenvalue weighted by Crippen LogP contribution is 2.36. The second-order valence-corrected chi connectivity index (χ2v) is 8.05. The fraction of sp³-hybridized carbons (Fsp3) is 0.944. The molecule has 3 saturated carbocycles. The summed E-state index contributed by atoms with van der Waals surface area (Å²) in [5.74, 6) is 4.32. The molecular formula is C18H31NO. The number of carbonyl (C=O) groups is 1. The van der Waals surface area contributed by atoms with Gasteiger partial charge in [-0.3, -0.25) is 4.79 Å². The molecule has 0 aromatic rings. The predicted octanol–water partition coefficient (Wildman–Crippen LogP) is 3.75. The Bertz CT molecular complexity index is 329. The molecular weight excluding hydrogens is 246 g/mol. The van der Waals surface area contributed by atoms with Crippen LogP contribution in [0.4, 0.5) is 0 Å². The third-order valence-corrected chi connectivity index (χ3v) is 5.65. The van der Waals surface area contributed by atoms with E-state index in [9.17, 15) is 4.79 Å². The molecule has 3 aliphatic carbocycles. The first-order chi connectivity index (χ1) is 9.61. The minimum Gasteiger partial charge on any atom is -0.302 e. The van der Waals surface area contributed by atoms with E-state index in [0.29, 0.717) is 11.7 Å². The van der Waals surface area contributed by atoms with Crippen molar-refractivity contribution < 1.29 is 4.79 Å². The first-order valence-electron chi connectivity index (χ1n) is 8.87. The summed E-state index contributed by atoms with van der Waals surface area (Å²) < 4.78 is 0. The monoisotopic (exact) mass is 277 g/mol. The van der Waals surface area contributed by atoms with Gasteiger partial charge >= 0.3 is 0 Å². The highest BCUT2D eigenvalue weighted by molar-refractivity contribution is 5.82. The zero-order valence-electron chi connectivity index (χ0n) is 13.3. The van der Waals surface area contributed by atoms with E-state index in [-0.39, 0.29) is 0 Å². The fourth-order valence-corrected chi connectivity index (χ4v) is 3.79. The quantitative estimate of drug-likeness (QED) is 0.706. The smallest absolute Gasteiger partial charge is 0.137 e. The molecule has 0 bridgehead atoms. The largest absolute Gasteiger partial charge is 0.302 e. The number of Topliss-reactive ketones (excluding diaryl/α,β-unsaturated/α-hetero) is 1.